The molecule has 0 saturated heterocycles. The summed E-state index contributed by atoms with van der Waals surface area (Å²) in [7, 11) is 1.64. The van der Waals surface area contributed by atoms with Crippen molar-refractivity contribution >= 4 is 22.7 Å². The van der Waals surface area contributed by atoms with E-state index in [2.05, 4.69) is 0 Å². The zero-order valence-electron chi connectivity index (χ0n) is 14.9. The lowest BCUT2D eigenvalue weighted by Crippen LogP contribution is -2.28. The highest BCUT2D eigenvalue weighted by Gasteiger charge is 2.16. The van der Waals surface area contributed by atoms with Gasteiger partial charge >= 0.3 is 0 Å². The van der Waals surface area contributed by atoms with Gasteiger partial charge in [0.1, 0.15) is 5.75 Å². The molecule has 0 N–H and O–H groups in total. The second-order valence-corrected chi connectivity index (χ2v) is 6.96. The topological polar surface area (TPSA) is 53.4 Å². The Labute approximate surface area is 157 Å². The van der Waals surface area contributed by atoms with E-state index >= 15 is 0 Å². The van der Waals surface area contributed by atoms with Crippen LogP contribution in [0.5, 0.6) is 5.75 Å². The fourth-order valence-electron chi connectivity index (χ4n) is 2.74. The lowest BCUT2D eigenvalue weighted by Gasteiger charge is -2.19. The summed E-state index contributed by atoms with van der Waals surface area (Å²) in [6.45, 7) is 2.95. The maximum absolute atomic E-state index is 12.9. The highest BCUT2D eigenvalue weighted by Crippen LogP contribution is 2.21. The third-order valence-corrected chi connectivity index (χ3v) is 4.87. The van der Waals surface area contributed by atoms with E-state index in [9.17, 15) is 4.79 Å². The molecule has 0 radical (unpaired) electrons. The van der Waals surface area contributed by atoms with Crippen LogP contribution in [0.15, 0.2) is 64.5 Å². The van der Waals surface area contributed by atoms with Crippen LogP contribution in [0.3, 0.4) is 0 Å². The van der Waals surface area contributed by atoms with Gasteiger partial charge < -0.3 is 9.47 Å². The van der Waals surface area contributed by atoms with Gasteiger partial charge in [-0.2, -0.15) is 0 Å². The van der Waals surface area contributed by atoms with Gasteiger partial charge in [0, 0.05) is 12.9 Å². The Hall–Kier alpha value is -2.31. The van der Waals surface area contributed by atoms with Gasteiger partial charge in [0.05, 0.1) is 30.2 Å². The number of hydrogen-bond donors (Lipinski definition) is 0. The number of benzene rings is 2. The van der Waals surface area contributed by atoms with Crippen molar-refractivity contribution in [3.8, 4) is 5.75 Å². The zero-order valence-corrected chi connectivity index (χ0v) is 15.7. The highest BCUT2D eigenvalue weighted by atomic mass is 32.2. The predicted molar refractivity (Wildman–Crippen MR) is 105 cm³/mol. The fraction of sp³-hybridized carbons (Fsp3) is 0.300. The van der Waals surface area contributed by atoms with Gasteiger partial charge in [-0.15, -0.1) is 0 Å². The second-order valence-electron chi connectivity index (χ2n) is 5.90. The molecule has 1 unspecified atom stereocenters. The van der Waals surface area contributed by atoms with Crippen LogP contribution < -0.4 is 10.3 Å². The Balaban J connectivity index is 1.81. The minimum atomic E-state index is -0.0952. The number of aromatic nitrogens is 2. The van der Waals surface area contributed by atoms with Crippen molar-refractivity contribution < 1.29 is 9.47 Å². The van der Waals surface area contributed by atoms with E-state index in [1.54, 1.807) is 11.7 Å². The van der Waals surface area contributed by atoms with Crippen LogP contribution in [0.2, 0.25) is 0 Å². The van der Waals surface area contributed by atoms with Crippen molar-refractivity contribution in [2.75, 3.05) is 26.1 Å². The van der Waals surface area contributed by atoms with Gasteiger partial charge in [-0.25, -0.2) is 4.98 Å². The van der Waals surface area contributed by atoms with Crippen molar-refractivity contribution in [2.45, 2.75) is 18.1 Å². The average molecular weight is 370 g/mol. The lowest BCUT2D eigenvalue weighted by atomic mass is 10.2. The van der Waals surface area contributed by atoms with Crippen LogP contribution in [0.1, 0.15) is 13.0 Å². The Bertz CT molecular complexity index is 912. The lowest BCUT2D eigenvalue weighted by molar-refractivity contribution is 0.156. The monoisotopic (exact) mass is 370 g/mol. The molecule has 1 atom stereocenters. The minimum Gasteiger partial charge on any atom is -0.493 e. The quantitative estimate of drug-likeness (QED) is 0.343. The van der Waals surface area contributed by atoms with Crippen LogP contribution in [0, 0.1) is 0 Å². The van der Waals surface area contributed by atoms with Crippen LogP contribution >= 0.6 is 11.8 Å². The van der Waals surface area contributed by atoms with E-state index in [1.807, 2.05) is 61.5 Å². The summed E-state index contributed by atoms with van der Waals surface area (Å²) < 4.78 is 12.7. The number of methoxy groups -OCH3 is 1. The number of para-hydroxylation sites is 2. The van der Waals surface area contributed by atoms with Crippen LogP contribution in [-0.4, -0.2) is 35.6 Å². The minimum absolute atomic E-state index is 0.0355. The van der Waals surface area contributed by atoms with Gasteiger partial charge in [-0.1, -0.05) is 42.1 Å². The summed E-state index contributed by atoms with van der Waals surface area (Å²) in [5.41, 5.74) is 0.677. The van der Waals surface area contributed by atoms with E-state index < -0.39 is 0 Å². The summed E-state index contributed by atoms with van der Waals surface area (Å²) in [5.74, 6) is 1.53. The summed E-state index contributed by atoms with van der Waals surface area (Å²) in [5, 5.41) is 1.32. The molecule has 0 fully saturated rings. The molecule has 136 valence electrons. The Morgan fingerprint density at radius 2 is 1.85 bits per heavy atom. The molecule has 1 heterocycles. The molecule has 0 amide bonds. The molecule has 1 aromatic heterocycles. The Kier molecular flexibility index (Phi) is 6.30. The number of rotatable bonds is 8. The summed E-state index contributed by atoms with van der Waals surface area (Å²) in [4.78, 5) is 17.6. The smallest absolute Gasteiger partial charge is 0.262 e. The molecule has 2 aromatic carbocycles. The number of ether oxygens (including phenoxy) is 2. The van der Waals surface area contributed by atoms with Crippen molar-refractivity contribution in [3.05, 3.63) is 65.0 Å². The van der Waals surface area contributed by atoms with Gasteiger partial charge in [-0.05, 0) is 31.2 Å². The van der Waals surface area contributed by atoms with Crippen molar-refractivity contribution in [2.24, 2.45) is 0 Å². The van der Waals surface area contributed by atoms with Crippen LogP contribution in [0.25, 0.3) is 10.9 Å². The van der Waals surface area contributed by atoms with Crippen molar-refractivity contribution in [3.63, 3.8) is 0 Å². The van der Waals surface area contributed by atoms with E-state index in [0.717, 1.165) is 5.75 Å². The first kappa shape index (κ1) is 18.5. The molecular weight excluding hydrogens is 348 g/mol. The first-order chi connectivity index (χ1) is 12.7. The summed E-state index contributed by atoms with van der Waals surface area (Å²) in [6.07, 6.45) is 0. The van der Waals surface area contributed by atoms with Gasteiger partial charge in [0.25, 0.3) is 5.56 Å². The Morgan fingerprint density at radius 1 is 1.12 bits per heavy atom. The zero-order chi connectivity index (χ0) is 18.4. The predicted octanol–water partition coefficient (Wildman–Crippen LogP) is 3.78. The van der Waals surface area contributed by atoms with E-state index in [4.69, 9.17) is 14.5 Å². The molecule has 0 spiro atoms. The molecule has 3 rings (SSSR count). The number of nitrogens with zero attached hydrogens (tertiary/aromatic N) is 2. The molecule has 0 aliphatic carbocycles. The van der Waals surface area contributed by atoms with E-state index in [0.29, 0.717) is 35.0 Å². The number of fused-ring (bicyclic) bond motifs is 1. The molecule has 0 aliphatic rings. The molecular formula is C20H22N2O3S. The fourth-order valence-corrected chi connectivity index (χ4v) is 3.66. The van der Waals surface area contributed by atoms with E-state index in [-0.39, 0.29) is 11.6 Å². The van der Waals surface area contributed by atoms with Crippen LogP contribution in [0.4, 0.5) is 0 Å². The largest absolute Gasteiger partial charge is 0.493 e. The highest BCUT2D eigenvalue weighted by molar-refractivity contribution is 7.99. The first-order valence-corrected chi connectivity index (χ1v) is 9.50. The molecule has 0 saturated carbocycles. The normalized spacial score (nSPS) is 12.2. The first-order valence-electron chi connectivity index (χ1n) is 8.51. The Morgan fingerprint density at radius 3 is 2.62 bits per heavy atom. The van der Waals surface area contributed by atoms with E-state index in [1.165, 1.54) is 11.8 Å². The second kappa shape index (κ2) is 8.87. The molecule has 3 aromatic rings. The average Bonchev–Trinajstić information content (AvgIpc) is 2.66. The third kappa shape index (κ3) is 4.26. The summed E-state index contributed by atoms with van der Waals surface area (Å²) >= 11 is 1.52. The number of hydrogen-bond acceptors (Lipinski definition) is 5. The SMILES string of the molecule is COCC(C)n1c(SCCOc2ccccc2)nc2ccccc2c1=O. The van der Waals surface area contributed by atoms with Gasteiger partial charge in [0.2, 0.25) is 0 Å². The molecule has 0 aliphatic heterocycles. The standard InChI is InChI=1S/C20H22N2O3S/c1-15(14-24-2)22-19(23)17-10-6-7-11-18(17)21-20(22)26-13-12-25-16-8-4-3-5-9-16/h3-11,15H,12-14H2,1-2H3. The molecule has 5 nitrogen and oxygen atoms in total. The molecule has 6 heteroatoms. The maximum Gasteiger partial charge on any atom is 0.262 e. The van der Waals surface area contributed by atoms with Gasteiger partial charge in [0.15, 0.2) is 5.16 Å². The molecule has 26 heavy (non-hydrogen) atoms. The van der Waals surface area contributed by atoms with Crippen molar-refractivity contribution in [1.82, 2.24) is 9.55 Å². The van der Waals surface area contributed by atoms with Crippen LogP contribution in [-0.2, 0) is 4.74 Å². The maximum atomic E-state index is 12.9. The number of thioether (sulfide) groups is 1. The van der Waals surface area contributed by atoms with Gasteiger partial charge in [-0.3, -0.25) is 9.36 Å². The third-order valence-electron chi connectivity index (χ3n) is 3.95. The molecule has 0 bridgehead atoms. The summed E-state index contributed by atoms with van der Waals surface area (Å²) in [6, 6.07) is 17.0. The van der Waals surface area contributed by atoms with Crippen molar-refractivity contribution in [1.29, 1.82) is 0 Å².